The topological polar surface area (TPSA) is 63.1 Å². The average Bonchev–Trinajstić information content (AvgIpc) is 2.92. The summed E-state index contributed by atoms with van der Waals surface area (Å²) in [4.78, 5) is 10.6. The normalized spacial score (nSPS) is 11.1. The molecule has 0 saturated heterocycles. The highest BCUT2D eigenvalue weighted by molar-refractivity contribution is 8.02. The van der Waals surface area contributed by atoms with Gasteiger partial charge in [0.25, 0.3) is 0 Å². The lowest BCUT2D eigenvalue weighted by Gasteiger charge is -2.04. The van der Waals surface area contributed by atoms with E-state index < -0.39 is 11.8 Å². The second-order valence-corrected chi connectivity index (χ2v) is 7.09. The second kappa shape index (κ2) is 7.58. The molecule has 0 unspecified atom stereocenters. The Morgan fingerprint density at radius 2 is 2.19 bits per heavy atom. The first-order chi connectivity index (χ1) is 10.1. The minimum atomic E-state index is -1.06. The van der Waals surface area contributed by atoms with E-state index in [0.29, 0.717) is 11.3 Å². The van der Waals surface area contributed by atoms with Gasteiger partial charge in [-0.3, -0.25) is 0 Å². The first kappa shape index (κ1) is 16.0. The summed E-state index contributed by atoms with van der Waals surface area (Å²) >= 11 is 4.52. The van der Waals surface area contributed by atoms with Crippen LogP contribution < -0.4 is 0 Å². The molecule has 0 spiro atoms. The third-order valence-corrected chi connectivity index (χ3v) is 5.51. The zero-order valence-corrected chi connectivity index (χ0v) is 13.4. The van der Waals surface area contributed by atoms with E-state index in [-0.39, 0.29) is 0 Å². The maximum absolute atomic E-state index is 13.3. The average molecular weight is 342 g/mol. The molecule has 0 fully saturated rings. The molecular weight excluding hydrogens is 331 g/mol. The van der Waals surface area contributed by atoms with Crippen molar-refractivity contribution in [1.82, 2.24) is 10.2 Å². The number of carboxylic acids is 1. The smallest absolute Gasteiger partial charge is 0.328 e. The predicted octanol–water partition coefficient (Wildman–Crippen LogP) is 3.79. The third-order valence-electron chi connectivity index (χ3n) is 2.43. The van der Waals surface area contributed by atoms with Crippen molar-refractivity contribution in [2.75, 3.05) is 6.26 Å². The van der Waals surface area contributed by atoms with E-state index in [9.17, 15) is 9.18 Å². The molecule has 0 radical (unpaired) electrons. The molecule has 1 heterocycles. The number of aromatic nitrogens is 2. The van der Waals surface area contributed by atoms with Gasteiger partial charge in [-0.2, -0.15) is 0 Å². The summed E-state index contributed by atoms with van der Waals surface area (Å²) in [5.74, 6) is -0.885. The zero-order valence-electron chi connectivity index (χ0n) is 10.9. The minimum Gasteiger partial charge on any atom is -0.478 e. The summed E-state index contributed by atoms with van der Waals surface area (Å²) in [6, 6.07) is 4.34. The number of benzene rings is 1. The van der Waals surface area contributed by atoms with Gasteiger partial charge in [0.15, 0.2) is 8.68 Å². The van der Waals surface area contributed by atoms with Gasteiger partial charge in [-0.25, -0.2) is 9.18 Å². The molecule has 8 heteroatoms. The van der Waals surface area contributed by atoms with Gasteiger partial charge in [-0.15, -0.1) is 10.2 Å². The second-order valence-electron chi connectivity index (χ2n) is 3.84. The molecule has 0 aliphatic carbocycles. The molecule has 0 saturated carbocycles. The molecule has 0 aliphatic rings. The number of thioether (sulfide) groups is 2. The predicted molar refractivity (Wildman–Crippen MR) is 84.3 cm³/mol. The molecule has 110 valence electrons. The van der Waals surface area contributed by atoms with Gasteiger partial charge in [0.1, 0.15) is 5.82 Å². The first-order valence-electron chi connectivity index (χ1n) is 5.78. The molecule has 0 atom stereocenters. The largest absolute Gasteiger partial charge is 0.478 e. The van der Waals surface area contributed by atoms with E-state index in [1.807, 2.05) is 6.26 Å². The molecule has 0 bridgehead atoms. The Kier molecular flexibility index (Phi) is 5.77. The van der Waals surface area contributed by atoms with Crippen molar-refractivity contribution < 1.29 is 14.3 Å². The first-order valence-corrected chi connectivity index (χ1v) is 8.81. The number of hydrogen-bond acceptors (Lipinski definition) is 6. The summed E-state index contributed by atoms with van der Waals surface area (Å²) in [6.07, 6.45) is 4.33. The Morgan fingerprint density at radius 3 is 2.86 bits per heavy atom. The lowest BCUT2D eigenvalue weighted by molar-refractivity contribution is -0.131. The number of carboxylic acid groups (broad SMARTS) is 1. The highest BCUT2D eigenvalue weighted by Crippen LogP contribution is 2.30. The van der Waals surface area contributed by atoms with E-state index in [2.05, 4.69) is 10.2 Å². The van der Waals surface area contributed by atoms with Crippen LogP contribution in [-0.2, 0) is 10.5 Å². The van der Waals surface area contributed by atoms with Gasteiger partial charge >= 0.3 is 5.97 Å². The molecular formula is C13H11FN2O2S3. The van der Waals surface area contributed by atoms with Crippen LogP contribution in [0.15, 0.2) is 33.0 Å². The van der Waals surface area contributed by atoms with Crippen molar-refractivity contribution in [3.05, 3.63) is 41.2 Å². The monoisotopic (exact) mass is 342 g/mol. The van der Waals surface area contributed by atoms with Crippen molar-refractivity contribution in [3.63, 3.8) is 0 Å². The lowest BCUT2D eigenvalue weighted by Crippen LogP contribution is -1.91. The van der Waals surface area contributed by atoms with Crippen LogP contribution in [0.5, 0.6) is 0 Å². The van der Waals surface area contributed by atoms with E-state index in [1.165, 1.54) is 53.1 Å². The Morgan fingerprint density at radius 1 is 1.43 bits per heavy atom. The lowest BCUT2D eigenvalue weighted by atomic mass is 10.1. The minimum absolute atomic E-state index is 0.394. The Balaban J connectivity index is 2.13. The van der Waals surface area contributed by atoms with Gasteiger partial charge in [0.05, 0.1) is 0 Å². The number of nitrogens with zero attached hydrogens (tertiary/aromatic N) is 2. The van der Waals surface area contributed by atoms with Crippen LogP contribution >= 0.6 is 34.9 Å². The van der Waals surface area contributed by atoms with E-state index in [0.717, 1.165) is 20.3 Å². The van der Waals surface area contributed by atoms with Crippen molar-refractivity contribution in [2.24, 2.45) is 0 Å². The molecule has 1 aromatic carbocycles. The van der Waals surface area contributed by atoms with Crippen molar-refractivity contribution in [3.8, 4) is 0 Å². The van der Waals surface area contributed by atoms with Gasteiger partial charge in [0, 0.05) is 11.8 Å². The SMILES string of the molecule is CSc1nnc(SCc2ccc(F)cc2/C=C/C(=O)O)s1. The van der Waals surface area contributed by atoms with E-state index in [4.69, 9.17) is 5.11 Å². The maximum Gasteiger partial charge on any atom is 0.328 e. The van der Waals surface area contributed by atoms with Gasteiger partial charge in [-0.05, 0) is 35.6 Å². The van der Waals surface area contributed by atoms with E-state index >= 15 is 0 Å². The molecule has 0 amide bonds. The van der Waals surface area contributed by atoms with Crippen LogP contribution in [0, 0.1) is 5.82 Å². The molecule has 2 aromatic rings. The zero-order chi connectivity index (χ0) is 15.2. The molecule has 1 N–H and O–H groups in total. The van der Waals surface area contributed by atoms with Crippen LogP contribution in [0.3, 0.4) is 0 Å². The summed E-state index contributed by atoms with van der Waals surface area (Å²) in [5.41, 5.74) is 1.40. The fourth-order valence-electron chi connectivity index (χ4n) is 1.49. The Labute approximate surface area is 133 Å². The van der Waals surface area contributed by atoms with Gasteiger partial charge in [-0.1, -0.05) is 40.9 Å². The number of aliphatic carboxylic acids is 1. The maximum atomic E-state index is 13.3. The van der Waals surface area contributed by atoms with Crippen LogP contribution in [0.1, 0.15) is 11.1 Å². The van der Waals surface area contributed by atoms with Crippen molar-refractivity contribution in [2.45, 2.75) is 14.4 Å². The van der Waals surface area contributed by atoms with E-state index in [1.54, 1.807) is 6.07 Å². The fourth-order valence-corrected chi connectivity index (χ4v) is 3.94. The van der Waals surface area contributed by atoms with Crippen molar-refractivity contribution in [1.29, 1.82) is 0 Å². The number of rotatable bonds is 6. The number of halogens is 1. The number of carbonyl (C=O) groups is 1. The summed E-state index contributed by atoms with van der Waals surface area (Å²) in [5, 5.41) is 16.7. The molecule has 21 heavy (non-hydrogen) atoms. The van der Waals surface area contributed by atoms with Crippen LogP contribution in [0.2, 0.25) is 0 Å². The molecule has 1 aromatic heterocycles. The van der Waals surface area contributed by atoms with Crippen molar-refractivity contribution >= 4 is 46.9 Å². The third kappa shape index (κ3) is 4.83. The Bertz CT molecular complexity index is 673. The standard InChI is InChI=1S/C13H11FN2O2S3/c1-19-12-15-16-13(21-12)20-7-9-2-4-10(14)6-8(9)3-5-11(17)18/h2-6H,7H2,1H3,(H,17,18)/b5-3+. The summed E-state index contributed by atoms with van der Waals surface area (Å²) < 4.78 is 15.0. The quantitative estimate of drug-likeness (QED) is 0.636. The van der Waals surface area contributed by atoms with Crippen LogP contribution in [0.4, 0.5) is 4.39 Å². The summed E-state index contributed by atoms with van der Waals surface area (Å²) in [7, 11) is 0. The number of hydrogen-bond donors (Lipinski definition) is 1. The molecule has 2 rings (SSSR count). The highest BCUT2D eigenvalue weighted by Gasteiger charge is 2.07. The summed E-state index contributed by atoms with van der Waals surface area (Å²) in [6.45, 7) is 0. The fraction of sp³-hybridized carbons (Fsp3) is 0.154. The van der Waals surface area contributed by atoms with Crippen LogP contribution in [-0.4, -0.2) is 27.5 Å². The molecule has 4 nitrogen and oxygen atoms in total. The van der Waals surface area contributed by atoms with Gasteiger partial charge < -0.3 is 5.11 Å². The highest BCUT2D eigenvalue weighted by atomic mass is 32.2. The molecule has 0 aliphatic heterocycles. The van der Waals surface area contributed by atoms with Gasteiger partial charge in [0.2, 0.25) is 0 Å². The Hall–Kier alpha value is -1.38. The van der Waals surface area contributed by atoms with Crippen LogP contribution in [0.25, 0.3) is 6.08 Å².